The number of carbonyl (C=O) groups is 3. The molecule has 3 heterocycles. The minimum Gasteiger partial charge on any atom is -0.508 e. The summed E-state index contributed by atoms with van der Waals surface area (Å²) >= 11 is 1.42. The molecule has 46 heavy (non-hydrogen) atoms. The van der Waals surface area contributed by atoms with E-state index in [1.54, 1.807) is 47.6 Å². The van der Waals surface area contributed by atoms with Crippen LogP contribution in [0.25, 0.3) is 22.5 Å². The van der Waals surface area contributed by atoms with E-state index in [1.165, 1.54) is 11.3 Å². The van der Waals surface area contributed by atoms with Crippen molar-refractivity contribution in [3.05, 3.63) is 88.4 Å². The van der Waals surface area contributed by atoms with Gasteiger partial charge in [-0.15, -0.1) is 11.3 Å². The van der Waals surface area contributed by atoms with E-state index in [-0.39, 0.29) is 54.4 Å². The van der Waals surface area contributed by atoms with Crippen LogP contribution in [-0.2, 0) is 26.2 Å². The van der Waals surface area contributed by atoms with Crippen LogP contribution in [0, 0.1) is 5.92 Å². The lowest BCUT2D eigenvalue weighted by molar-refractivity contribution is -0.168. The third-order valence-corrected chi connectivity index (χ3v) is 9.12. The fourth-order valence-corrected chi connectivity index (χ4v) is 5.98. The maximum absolute atomic E-state index is 13.7. The minimum atomic E-state index is -0.820. The zero-order valence-corrected chi connectivity index (χ0v) is 27.9. The zero-order valence-electron chi connectivity index (χ0n) is 27.0. The molecule has 0 bridgehead atoms. The molecule has 10 heteroatoms. The molecular formula is C36H40N4O5S. The molecule has 9 nitrogen and oxygen atoms in total. The third kappa shape index (κ3) is 7.98. The maximum atomic E-state index is 13.7. The second-order valence-electron chi connectivity index (χ2n) is 13.7. The van der Waals surface area contributed by atoms with Gasteiger partial charge >= 0.3 is 5.97 Å². The number of rotatable bonds is 8. The fraction of sp³-hybridized carbons (Fsp3) is 0.361. The highest BCUT2D eigenvalue weighted by Gasteiger charge is 2.41. The Labute approximate surface area is 273 Å². The van der Waals surface area contributed by atoms with Crippen LogP contribution < -0.4 is 5.32 Å². The molecule has 1 fully saturated rings. The molecule has 240 valence electrons. The van der Waals surface area contributed by atoms with Crippen LogP contribution in [0.4, 0.5) is 0 Å². The summed E-state index contributed by atoms with van der Waals surface area (Å²) in [5, 5.41) is 12.5. The predicted molar refractivity (Wildman–Crippen MR) is 178 cm³/mol. The topological polar surface area (TPSA) is 122 Å². The molecule has 1 atom stereocenters. The summed E-state index contributed by atoms with van der Waals surface area (Å²) in [6.45, 7) is 12.2. The standard InChI is InChI=1S/C36H40N4O5S/c1-35(2,3)30-16-15-29(46-30)32(42)39-28(33(43)40-20-26(21-40)34(44)45-36(4,5)6)17-22-7-9-24(10-8-22)31-37-18-25(19-38-31)23-11-13-27(41)14-12-23/h7-16,18-19,26,28,41H,17,20-21H2,1-6H3,(H,39,42). The molecule has 2 aromatic carbocycles. The van der Waals surface area contributed by atoms with E-state index in [2.05, 4.69) is 36.1 Å². The molecule has 0 saturated carbocycles. The van der Waals surface area contributed by atoms with Crippen molar-refractivity contribution in [1.29, 1.82) is 0 Å². The maximum Gasteiger partial charge on any atom is 0.313 e. The number of carbonyl (C=O) groups excluding carboxylic acids is 3. The van der Waals surface area contributed by atoms with E-state index in [1.807, 2.05) is 51.1 Å². The number of ether oxygens (including phenoxy) is 1. The number of phenolic OH excluding ortho intramolecular Hbond substituents is 1. The van der Waals surface area contributed by atoms with Gasteiger partial charge in [0.05, 0.1) is 10.8 Å². The molecule has 5 rings (SSSR count). The smallest absolute Gasteiger partial charge is 0.313 e. The van der Waals surface area contributed by atoms with Gasteiger partial charge in [0.15, 0.2) is 5.82 Å². The van der Waals surface area contributed by atoms with Crippen molar-refractivity contribution in [2.24, 2.45) is 5.92 Å². The molecule has 1 aliphatic rings. The minimum absolute atomic E-state index is 0.0932. The van der Waals surface area contributed by atoms with Gasteiger partial charge in [0, 0.05) is 47.9 Å². The van der Waals surface area contributed by atoms with Crippen LogP contribution in [0.3, 0.4) is 0 Å². The summed E-state index contributed by atoms with van der Waals surface area (Å²) < 4.78 is 5.49. The van der Waals surface area contributed by atoms with Crippen LogP contribution in [0.15, 0.2) is 73.1 Å². The molecule has 0 aliphatic carbocycles. The van der Waals surface area contributed by atoms with Gasteiger partial charge in [-0.1, -0.05) is 57.2 Å². The number of hydrogen-bond acceptors (Lipinski definition) is 8. The van der Waals surface area contributed by atoms with E-state index >= 15 is 0 Å². The Bertz CT molecular complexity index is 1700. The predicted octanol–water partition coefficient (Wildman–Crippen LogP) is 6.02. The molecular weight excluding hydrogens is 600 g/mol. The van der Waals surface area contributed by atoms with E-state index in [0.29, 0.717) is 10.7 Å². The number of aromatic hydroxyl groups is 1. The fourth-order valence-electron chi connectivity index (χ4n) is 5.01. The van der Waals surface area contributed by atoms with Crippen molar-refractivity contribution in [3.63, 3.8) is 0 Å². The largest absolute Gasteiger partial charge is 0.508 e. The summed E-state index contributed by atoms with van der Waals surface area (Å²) in [7, 11) is 0. The van der Waals surface area contributed by atoms with Gasteiger partial charge in [-0.3, -0.25) is 14.4 Å². The first-order valence-corrected chi connectivity index (χ1v) is 16.1. The summed E-state index contributed by atoms with van der Waals surface area (Å²) in [6, 6.07) is 17.4. The van der Waals surface area contributed by atoms with Crippen LogP contribution >= 0.6 is 11.3 Å². The highest BCUT2D eigenvalue weighted by molar-refractivity contribution is 7.14. The van der Waals surface area contributed by atoms with Gasteiger partial charge in [-0.05, 0) is 61.6 Å². The lowest BCUT2D eigenvalue weighted by Crippen LogP contribution is -2.59. The van der Waals surface area contributed by atoms with Gasteiger partial charge in [-0.25, -0.2) is 9.97 Å². The Morgan fingerprint density at radius 2 is 1.50 bits per heavy atom. The number of thiophene rings is 1. The number of benzene rings is 2. The zero-order chi connectivity index (χ0) is 33.2. The quantitative estimate of drug-likeness (QED) is 0.226. The Morgan fingerprint density at radius 3 is 2.07 bits per heavy atom. The molecule has 1 unspecified atom stereocenters. The summed E-state index contributed by atoms with van der Waals surface area (Å²) in [6.07, 6.45) is 3.75. The average molecular weight is 641 g/mol. The molecule has 2 aromatic heterocycles. The van der Waals surface area contributed by atoms with E-state index < -0.39 is 11.6 Å². The molecule has 1 saturated heterocycles. The van der Waals surface area contributed by atoms with Crippen LogP contribution in [-0.4, -0.2) is 62.5 Å². The molecule has 1 aliphatic heterocycles. The summed E-state index contributed by atoms with van der Waals surface area (Å²) in [4.78, 5) is 51.8. The van der Waals surface area contributed by atoms with E-state index in [4.69, 9.17) is 4.74 Å². The molecule has 4 aromatic rings. The first-order chi connectivity index (χ1) is 21.7. The van der Waals surface area contributed by atoms with E-state index in [0.717, 1.165) is 27.1 Å². The highest BCUT2D eigenvalue weighted by Crippen LogP contribution is 2.30. The molecule has 0 radical (unpaired) electrons. The normalized spacial score (nSPS) is 14.3. The number of amides is 2. The molecule has 2 amide bonds. The summed E-state index contributed by atoms with van der Waals surface area (Å²) in [5.41, 5.74) is 2.70. The Kier molecular flexibility index (Phi) is 9.30. The molecule has 2 N–H and O–H groups in total. The highest BCUT2D eigenvalue weighted by atomic mass is 32.1. The molecule has 0 spiro atoms. The van der Waals surface area contributed by atoms with Gasteiger partial charge in [0.1, 0.15) is 17.4 Å². The average Bonchev–Trinajstić information content (AvgIpc) is 3.48. The first kappa shape index (κ1) is 32.8. The van der Waals surface area contributed by atoms with Gasteiger partial charge in [0.2, 0.25) is 5.91 Å². The van der Waals surface area contributed by atoms with E-state index in [9.17, 15) is 19.5 Å². The monoisotopic (exact) mass is 640 g/mol. The number of likely N-dealkylation sites (tertiary alicyclic amines) is 1. The van der Waals surface area contributed by atoms with Crippen molar-refractivity contribution < 1.29 is 24.2 Å². The van der Waals surface area contributed by atoms with Crippen molar-refractivity contribution in [1.82, 2.24) is 20.2 Å². The van der Waals surface area contributed by atoms with Crippen LogP contribution in [0.2, 0.25) is 0 Å². The second-order valence-corrected chi connectivity index (χ2v) is 14.7. The third-order valence-electron chi connectivity index (χ3n) is 7.61. The van der Waals surface area contributed by atoms with Crippen molar-refractivity contribution in [2.45, 2.75) is 65.0 Å². The number of hydrogen-bond donors (Lipinski definition) is 2. The Hall–Kier alpha value is -4.57. The van der Waals surface area contributed by atoms with Crippen LogP contribution in [0.5, 0.6) is 5.75 Å². The SMILES string of the molecule is CC(C)(C)OC(=O)C1CN(C(=O)C(Cc2ccc(-c3ncc(-c4ccc(O)cc4)cn3)cc2)NC(=O)c2ccc(C(C)(C)C)s2)C1. The number of nitrogens with one attached hydrogen (secondary N) is 1. The van der Waals surface area contributed by atoms with Crippen molar-refractivity contribution in [2.75, 3.05) is 13.1 Å². The number of esters is 1. The number of aromatic nitrogens is 2. The van der Waals surface area contributed by atoms with Gasteiger partial charge in [0.25, 0.3) is 5.91 Å². The van der Waals surface area contributed by atoms with Gasteiger partial charge < -0.3 is 20.1 Å². The van der Waals surface area contributed by atoms with Crippen molar-refractivity contribution >= 4 is 29.1 Å². The number of phenols is 1. The summed E-state index contributed by atoms with van der Waals surface area (Å²) in [5.74, 6) is -0.498. The Balaban J connectivity index is 1.30. The number of nitrogens with zero attached hydrogens (tertiary/aromatic N) is 3. The van der Waals surface area contributed by atoms with Crippen molar-refractivity contribution in [3.8, 4) is 28.3 Å². The lowest BCUT2D eigenvalue weighted by atomic mass is 9.95. The van der Waals surface area contributed by atoms with Gasteiger partial charge in [-0.2, -0.15) is 0 Å². The first-order valence-electron chi connectivity index (χ1n) is 15.3. The Morgan fingerprint density at radius 1 is 0.891 bits per heavy atom. The second kappa shape index (κ2) is 13.0. The lowest BCUT2D eigenvalue weighted by Gasteiger charge is -2.40. The van der Waals surface area contributed by atoms with Crippen LogP contribution in [0.1, 0.15) is 61.7 Å².